The normalized spacial score (nSPS) is 15.8. The minimum absolute atomic E-state index is 0.00880. The number of carbonyl (C=O) groups excluding carboxylic acids is 2. The fourth-order valence-corrected chi connectivity index (χ4v) is 5.80. The monoisotopic (exact) mass is 597 g/mol. The molecule has 0 aliphatic carbocycles. The number of carbonyl (C=O) groups is 2. The predicted molar refractivity (Wildman–Crippen MR) is 166 cm³/mol. The number of nitrogens with zero attached hydrogens (tertiary/aromatic N) is 5. The molecule has 230 valence electrons. The maximum atomic E-state index is 15.5. The van der Waals surface area contributed by atoms with Gasteiger partial charge in [0.05, 0.1) is 22.5 Å². The molecule has 0 N–H and O–H groups in total. The van der Waals surface area contributed by atoms with Crippen molar-refractivity contribution in [1.29, 1.82) is 0 Å². The molecule has 0 radical (unpaired) electrons. The first-order valence-corrected chi connectivity index (χ1v) is 15.4. The summed E-state index contributed by atoms with van der Waals surface area (Å²) in [5, 5.41) is 0. The summed E-state index contributed by atoms with van der Waals surface area (Å²) in [4.78, 5) is 42.5. The highest BCUT2D eigenvalue weighted by Crippen LogP contribution is 2.41. The Balaban J connectivity index is 1.28. The number of piperidine rings is 1. The number of hydrogen-bond acceptors (Lipinski definition) is 6. The van der Waals surface area contributed by atoms with Crippen molar-refractivity contribution < 1.29 is 18.7 Å². The molecule has 2 saturated heterocycles. The van der Waals surface area contributed by atoms with Crippen molar-refractivity contribution in [3.05, 3.63) is 76.8 Å². The topological polar surface area (TPSA) is 88.5 Å². The van der Waals surface area contributed by atoms with Gasteiger partial charge in [-0.3, -0.25) is 9.78 Å². The van der Waals surface area contributed by atoms with Crippen molar-refractivity contribution in [2.24, 2.45) is 5.41 Å². The fourth-order valence-electron chi connectivity index (χ4n) is 5.80. The average molecular weight is 598 g/mol. The molecule has 4 heterocycles. The van der Waals surface area contributed by atoms with E-state index in [-0.39, 0.29) is 23.0 Å². The van der Waals surface area contributed by atoms with Crippen LogP contribution in [0.1, 0.15) is 86.8 Å². The van der Waals surface area contributed by atoms with E-state index in [0.717, 1.165) is 42.6 Å². The van der Waals surface area contributed by atoms with Gasteiger partial charge in [-0.25, -0.2) is 19.2 Å². The van der Waals surface area contributed by atoms with Crippen LogP contribution in [0.25, 0.3) is 11.3 Å². The van der Waals surface area contributed by atoms with E-state index in [4.69, 9.17) is 4.74 Å². The van der Waals surface area contributed by atoms with Crippen LogP contribution < -0.4 is 0 Å². The SMILES string of the molecule is CCCc1ccc(C#Cc2c(CC)ncnc2-c2ccc(C(=O)N3CCC4(CC3)CN(C(=O)OC(C)(C)C)C4)c(F)c2)cn1. The van der Waals surface area contributed by atoms with Gasteiger partial charge < -0.3 is 14.5 Å². The number of aryl methyl sites for hydroxylation is 2. The Hall–Kier alpha value is -4.32. The number of halogens is 1. The number of hydrogen-bond donors (Lipinski definition) is 0. The molecule has 2 aliphatic heterocycles. The van der Waals surface area contributed by atoms with Gasteiger partial charge in [0.1, 0.15) is 17.7 Å². The van der Waals surface area contributed by atoms with Crippen molar-refractivity contribution in [1.82, 2.24) is 24.8 Å². The minimum Gasteiger partial charge on any atom is -0.444 e. The minimum atomic E-state index is -0.598. The molecule has 3 aromatic rings. The molecular weight excluding hydrogens is 557 g/mol. The van der Waals surface area contributed by atoms with Gasteiger partial charge in [-0.15, -0.1) is 0 Å². The third-order valence-electron chi connectivity index (χ3n) is 8.21. The maximum absolute atomic E-state index is 15.5. The Kier molecular flexibility index (Phi) is 9.00. The van der Waals surface area contributed by atoms with Crippen LogP contribution in [0, 0.1) is 23.1 Å². The summed E-state index contributed by atoms with van der Waals surface area (Å²) in [6, 6.07) is 8.55. The van der Waals surface area contributed by atoms with E-state index in [1.165, 1.54) is 18.5 Å². The smallest absolute Gasteiger partial charge is 0.410 e. The number of benzene rings is 1. The Morgan fingerprint density at radius 2 is 1.75 bits per heavy atom. The summed E-state index contributed by atoms with van der Waals surface area (Å²) >= 11 is 0. The largest absolute Gasteiger partial charge is 0.444 e. The van der Waals surface area contributed by atoms with E-state index < -0.39 is 11.4 Å². The average Bonchev–Trinajstić information content (AvgIpc) is 2.98. The number of aromatic nitrogens is 3. The first-order chi connectivity index (χ1) is 21.0. The van der Waals surface area contributed by atoms with E-state index >= 15 is 4.39 Å². The zero-order valence-corrected chi connectivity index (χ0v) is 26.2. The van der Waals surface area contributed by atoms with Crippen molar-refractivity contribution >= 4 is 12.0 Å². The molecule has 44 heavy (non-hydrogen) atoms. The molecule has 2 fully saturated rings. The zero-order chi connectivity index (χ0) is 31.5. The van der Waals surface area contributed by atoms with E-state index in [1.54, 1.807) is 22.1 Å². The zero-order valence-electron chi connectivity index (χ0n) is 26.2. The first-order valence-electron chi connectivity index (χ1n) is 15.4. The Morgan fingerprint density at radius 3 is 2.36 bits per heavy atom. The molecular formula is C35H40FN5O3. The number of rotatable bonds is 5. The van der Waals surface area contributed by atoms with Gasteiger partial charge >= 0.3 is 6.09 Å². The molecule has 2 aliphatic rings. The lowest BCUT2D eigenvalue weighted by Crippen LogP contribution is -2.62. The molecule has 8 nitrogen and oxygen atoms in total. The first kappa shape index (κ1) is 31.1. The summed E-state index contributed by atoms with van der Waals surface area (Å²) in [5.74, 6) is 5.44. The highest BCUT2D eigenvalue weighted by molar-refractivity contribution is 5.95. The van der Waals surface area contributed by atoms with Crippen LogP contribution in [-0.4, -0.2) is 68.5 Å². The highest BCUT2D eigenvalue weighted by atomic mass is 19.1. The van der Waals surface area contributed by atoms with Crippen molar-refractivity contribution in [2.45, 2.75) is 72.3 Å². The van der Waals surface area contributed by atoms with Gasteiger partial charge in [0, 0.05) is 54.6 Å². The van der Waals surface area contributed by atoms with Crippen LogP contribution in [0.2, 0.25) is 0 Å². The Labute approximate surface area is 259 Å². The summed E-state index contributed by atoms with van der Waals surface area (Å²) in [7, 11) is 0. The van der Waals surface area contributed by atoms with Crippen LogP contribution in [0.15, 0.2) is 42.9 Å². The molecule has 9 heteroatoms. The van der Waals surface area contributed by atoms with Gasteiger partial charge in [-0.05, 0) is 70.7 Å². The number of ether oxygens (including phenoxy) is 1. The predicted octanol–water partition coefficient (Wildman–Crippen LogP) is 6.07. The molecule has 2 aromatic heterocycles. The number of likely N-dealkylation sites (tertiary alicyclic amines) is 2. The van der Waals surface area contributed by atoms with Gasteiger partial charge in [-0.2, -0.15) is 0 Å². The fraction of sp³-hybridized carbons (Fsp3) is 0.457. The molecule has 2 amide bonds. The van der Waals surface area contributed by atoms with E-state index in [1.807, 2.05) is 39.8 Å². The third-order valence-corrected chi connectivity index (χ3v) is 8.21. The van der Waals surface area contributed by atoms with Crippen LogP contribution in [0.5, 0.6) is 0 Å². The summed E-state index contributed by atoms with van der Waals surface area (Å²) < 4.78 is 21.0. The number of amides is 2. The molecule has 0 bridgehead atoms. The molecule has 1 spiro atoms. The highest BCUT2D eigenvalue weighted by Gasteiger charge is 2.48. The third kappa shape index (κ3) is 6.91. The Bertz CT molecular complexity index is 1590. The summed E-state index contributed by atoms with van der Waals surface area (Å²) in [6.07, 6.45) is 7.03. The van der Waals surface area contributed by atoms with E-state index in [0.29, 0.717) is 49.4 Å². The second-order valence-electron chi connectivity index (χ2n) is 12.8. The van der Waals surface area contributed by atoms with Crippen LogP contribution in [0.3, 0.4) is 0 Å². The van der Waals surface area contributed by atoms with Crippen molar-refractivity contribution in [3.8, 4) is 23.1 Å². The molecule has 5 rings (SSSR count). The quantitative estimate of drug-likeness (QED) is 0.332. The molecule has 0 atom stereocenters. The van der Waals surface area contributed by atoms with Gasteiger partial charge in [0.15, 0.2) is 0 Å². The van der Waals surface area contributed by atoms with Crippen LogP contribution >= 0.6 is 0 Å². The lowest BCUT2D eigenvalue weighted by molar-refractivity contribution is -0.0563. The van der Waals surface area contributed by atoms with E-state index in [9.17, 15) is 9.59 Å². The standard InChI is InChI=1S/C35H40FN5O3/c1-6-8-26-12-9-24(20-37-26)10-13-28-30(7-2)38-23-39-31(28)25-11-14-27(29(36)19-25)32(42)40-17-15-35(16-18-40)21-41(22-35)33(43)44-34(3,4)5/h9,11-12,14,19-20,23H,6-8,15-18,21-22H2,1-5H3. The summed E-state index contributed by atoms with van der Waals surface area (Å²) in [6.45, 7) is 11.9. The van der Waals surface area contributed by atoms with Gasteiger partial charge in [0.2, 0.25) is 0 Å². The molecule has 0 saturated carbocycles. The van der Waals surface area contributed by atoms with Crippen molar-refractivity contribution in [2.75, 3.05) is 26.2 Å². The molecule has 1 aromatic carbocycles. The van der Waals surface area contributed by atoms with Gasteiger partial charge in [0.25, 0.3) is 5.91 Å². The second-order valence-corrected chi connectivity index (χ2v) is 12.8. The lowest BCUT2D eigenvalue weighted by atomic mass is 9.72. The lowest BCUT2D eigenvalue weighted by Gasteiger charge is -2.53. The van der Waals surface area contributed by atoms with Crippen LogP contribution in [-0.2, 0) is 17.6 Å². The maximum Gasteiger partial charge on any atom is 0.410 e. The summed E-state index contributed by atoms with van der Waals surface area (Å²) in [5.41, 5.74) is 3.75. The van der Waals surface area contributed by atoms with Gasteiger partial charge in [-0.1, -0.05) is 38.2 Å². The van der Waals surface area contributed by atoms with Crippen LogP contribution in [0.4, 0.5) is 9.18 Å². The van der Waals surface area contributed by atoms with E-state index in [2.05, 4.69) is 33.7 Å². The second kappa shape index (κ2) is 12.7. The number of pyridine rings is 1. The molecule has 0 unspecified atom stereocenters. The van der Waals surface area contributed by atoms with Crippen molar-refractivity contribution in [3.63, 3.8) is 0 Å². The Morgan fingerprint density at radius 1 is 1.00 bits per heavy atom.